The molecule has 184 valence electrons. The van der Waals surface area contributed by atoms with Gasteiger partial charge >= 0.3 is 12.1 Å². The molecule has 1 aliphatic heterocycles. The van der Waals surface area contributed by atoms with Gasteiger partial charge in [0.15, 0.2) is 0 Å². The van der Waals surface area contributed by atoms with Gasteiger partial charge in [-0.05, 0) is 46.9 Å². The zero-order chi connectivity index (χ0) is 24.4. The number of amides is 2. The fourth-order valence-corrected chi connectivity index (χ4v) is 6.00. The monoisotopic (exact) mass is 478 g/mol. The molecule has 5 rings (SSSR count). The summed E-state index contributed by atoms with van der Waals surface area (Å²) in [5, 5.41) is 12.2. The highest BCUT2D eigenvalue weighted by Gasteiger charge is 2.49. The number of benzene rings is 2. The van der Waals surface area contributed by atoms with Gasteiger partial charge in [-0.25, -0.2) is 9.59 Å². The third-order valence-corrected chi connectivity index (χ3v) is 7.55. The van der Waals surface area contributed by atoms with Gasteiger partial charge in [0, 0.05) is 19.0 Å². The summed E-state index contributed by atoms with van der Waals surface area (Å²) in [6.07, 6.45) is 2.32. The molecule has 0 bridgehead atoms. The highest BCUT2D eigenvalue weighted by molar-refractivity contribution is 5.85. The van der Waals surface area contributed by atoms with Gasteiger partial charge < -0.3 is 24.8 Å². The Hall–Kier alpha value is -3.39. The number of alkyl carbamates (subject to hydrolysis) is 1. The standard InChI is InChI=1S/C27H30N2O6/c30-24(29-14-17-6-5-11-18(17)25(29)26(31)32)16-34-13-12-28-27(33)35-15-23-21-9-3-1-7-19(21)20-8-2-4-10-22(20)23/h1-4,7-10,17-18,23,25H,5-6,11-16H2,(H,28,33)(H,31,32). The van der Waals surface area contributed by atoms with Crippen LogP contribution in [-0.4, -0.2) is 66.9 Å². The number of carbonyl (C=O) groups excluding carboxylic acids is 2. The Balaban J connectivity index is 1.04. The molecule has 0 aromatic heterocycles. The molecule has 1 heterocycles. The normalized spacial score (nSPS) is 22.4. The minimum absolute atomic E-state index is 0.0100. The van der Waals surface area contributed by atoms with Crippen molar-refractivity contribution in [2.75, 3.05) is 32.9 Å². The average Bonchev–Trinajstić information content (AvgIpc) is 3.54. The van der Waals surface area contributed by atoms with Crippen molar-refractivity contribution in [3.05, 3.63) is 59.7 Å². The maximum Gasteiger partial charge on any atom is 0.407 e. The Morgan fingerprint density at radius 1 is 1.00 bits per heavy atom. The number of carboxylic acids is 1. The van der Waals surface area contributed by atoms with Crippen LogP contribution in [0, 0.1) is 11.8 Å². The van der Waals surface area contributed by atoms with E-state index in [1.54, 1.807) is 0 Å². The fourth-order valence-electron chi connectivity index (χ4n) is 6.00. The Kier molecular flexibility index (Phi) is 6.72. The van der Waals surface area contributed by atoms with Crippen LogP contribution < -0.4 is 5.32 Å². The summed E-state index contributed by atoms with van der Waals surface area (Å²) in [7, 11) is 0. The first-order valence-corrected chi connectivity index (χ1v) is 12.2. The van der Waals surface area contributed by atoms with Crippen molar-refractivity contribution in [2.24, 2.45) is 11.8 Å². The molecule has 2 aliphatic carbocycles. The van der Waals surface area contributed by atoms with Crippen molar-refractivity contribution in [1.29, 1.82) is 0 Å². The quantitative estimate of drug-likeness (QED) is 0.565. The molecule has 2 amide bonds. The van der Waals surface area contributed by atoms with E-state index in [0.29, 0.717) is 6.54 Å². The summed E-state index contributed by atoms with van der Waals surface area (Å²) >= 11 is 0. The molecule has 2 aromatic carbocycles. The number of fused-ring (bicyclic) bond motifs is 4. The largest absolute Gasteiger partial charge is 0.480 e. The number of nitrogens with zero attached hydrogens (tertiary/aromatic N) is 1. The lowest BCUT2D eigenvalue weighted by Gasteiger charge is -2.24. The predicted molar refractivity (Wildman–Crippen MR) is 128 cm³/mol. The van der Waals surface area contributed by atoms with Crippen LogP contribution in [0.1, 0.15) is 36.3 Å². The molecule has 2 N–H and O–H groups in total. The number of ether oxygens (including phenoxy) is 2. The molecule has 8 nitrogen and oxygen atoms in total. The zero-order valence-corrected chi connectivity index (χ0v) is 19.5. The Bertz CT molecular complexity index is 1070. The fraction of sp³-hybridized carbons (Fsp3) is 0.444. The Morgan fingerprint density at radius 2 is 1.69 bits per heavy atom. The van der Waals surface area contributed by atoms with Crippen molar-refractivity contribution in [3.63, 3.8) is 0 Å². The van der Waals surface area contributed by atoms with Crippen molar-refractivity contribution in [1.82, 2.24) is 10.2 Å². The molecule has 2 aromatic rings. The molecule has 0 radical (unpaired) electrons. The van der Waals surface area contributed by atoms with Crippen molar-refractivity contribution in [2.45, 2.75) is 31.2 Å². The van der Waals surface area contributed by atoms with Gasteiger partial charge in [-0.15, -0.1) is 0 Å². The van der Waals surface area contributed by atoms with E-state index in [2.05, 4.69) is 29.6 Å². The number of likely N-dealkylation sites (tertiary alicyclic amines) is 1. The average molecular weight is 479 g/mol. The van der Waals surface area contributed by atoms with E-state index in [1.807, 2.05) is 24.3 Å². The number of hydrogen-bond donors (Lipinski definition) is 2. The lowest BCUT2D eigenvalue weighted by molar-refractivity contribution is -0.151. The number of carbonyl (C=O) groups is 3. The first-order chi connectivity index (χ1) is 17.0. The lowest BCUT2D eigenvalue weighted by Crippen LogP contribution is -2.45. The van der Waals surface area contributed by atoms with Gasteiger partial charge in [0.1, 0.15) is 19.3 Å². The molecule has 0 spiro atoms. The second-order valence-electron chi connectivity index (χ2n) is 9.49. The van der Waals surface area contributed by atoms with E-state index in [4.69, 9.17) is 9.47 Å². The minimum atomic E-state index is -0.940. The molecule has 1 saturated carbocycles. The SMILES string of the molecule is O=C(NCCOCC(=O)N1CC2CCCC2C1C(=O)O)OCC1c2ccccc2-c2ccccc21. The van der Waals surface area contributed by atoms with Crippen LogP contribution in [-0.2, 0) is 19.1 Å². The van der Waals surface area contributed by atoms with Crippen molar-refractivity contribution >= 4 is 18.0 Å². The number of rotatable bonds is 8. The Labute approximate surface area is 204 Å². The van der Waals surface area contributed by atoms with E-state index in [1.165, 1.54) is 16.0 Å². The molecule has 2 fully saturated rings. The van der Waals surface area contributed by atoms with Crippen LogP contribution in [0.15, 0.2) is 48.5 Å². The molecule has 8 heteroatoms. The van der Waals surface area contributed by atoms with E-state index in [9.17, 15) is 19.5 Å². The Morgan fingerprint density at radius 3 is 2.37 bits per heavy atom. The van der Waals surface area contributed by atoms with Gasteiger partial charge in [0.05, 0.1) is 6.61 Å². The number of hydrogen-bond acceptors (Lipinski definition) is 5. The van der Waals surface area contributed by atoms with Gasteiger partial charge in [-0.2, -0.15) is 0 Å². The second-order valence-corrected chi connectivity index (χ2v) is 9.49. The summed E-state index contributed by atoms with van der Waals surface area (Å²) in [5.41, 5.74) is 4.63. The first-order valence-electron chi connectivity index (χ1n) is 12.2. The molecule has 3 unspecified atom stereocenters. The molecular weight excluding hydrogens is 448 g/mol. The maximum atomic E-state index is 12.6. The molecular formula is C27H30N2O6. The summed E-state index contributed by atoms with van der Waals surface area (Å²) in [6, 6.07) is 15.5. The van der Waals surface area contributed by atoms with Crippen LogP contribution in [0.25, 0.3) is 11.1 Å². The summed E-state index contributed by atoms with van der Waals surface area (Å²) in [6.45, 7) is 0.844. The molecule has 1 saturated heterocycles. The summed E-state index contributed by atoms with van der Waals surface area (Å²) in [5.74, 6) is -0.941. The van der Waals surface area contributed by atoms with Crippen LogP contribution in [0.5, 0.6) is 0 Å². The number of aliphatic carboxylic acids is 1. The van der Waals surface area contributed by atoms with Crippen LogP contribution in [0.2, 0.25) is 0 Å². The van der Waals surface area contributed by atoms with Crippen LogP contribution in [0.3, 0.4) is 0 Å². The lowest BCUT2D eigenvalue weighted by atomic mass is 9.94. The van der Waals surface area contributed by atoms with Gasteiger partial charge in [0.25, 0.3) is 0 Å². The molecule has 3 aliphatic rings. The van der Waals surface area contributed by atoms with E-state index in [-0.39, 0.29) is 50.0 Å². The van der Waals surface area contributed by atoms with Crippen molar-refractivity contribution < 1.29 is 29.0 Å². The first kappa shape index (κ1) is 23.4. The zero-order valence-electron chi connectivity index (χ0n) is 19.5. The van der Waals surface area contributed by atoms with Crippen LogP contribution >= 0.6 is 0 Å². The van der Waals surface area contributed by atoms with E-state index >= 15 is 0 Å². The maximum absolute atomic E-state index is 12.6. The second kappa shape index (κ2) is 10.1. The molecule has 35 heavy (non-hydrogen) atoms. The van der Waals surface area contributed by atoms with Crippen LogP contribution in [0.4, 0.5) is 4.79 Å². The minimum Gasteiger partial charge on any atom is -0.480 e. The molecule has 3 atom stereocenters. The van der Waals surface area contributed by atoms with Gasteiger partial charge in [0.2, 0.25) is 5.91 Å². The predicted octanol–water partition coefficient (Wildman–Crippen LogP) is 3.25. The van der Waals surface area contributed by atoms with Gasteiger partial charge in [-0.3, -0.25) is 4.79 Å². The van der Waals surface area contributed by atoms with Gasteiger partial charge in [-0.1, -0.05) is 55.0 Å². The highest BCUT2D eigenvalue weighted by Crippen LogP contribution is 2.44. The summed E-state index contributed by atoms with van der Waals surface area (Å²) < 4.78 is 10.9. The topological polar surface area (TPSA) is 105 Å². The van der Waals surface area contributed by atoms with Crippen molar-refractivity contribution in [3.8, 4) is 11.1 Å². The third kappa shape index (κ3) is 4.62. The van der Waals surface area contributed by atoms with E-state index < -0.39 is 18.1 Å². The van der Waals surface area contributed by atoms with E-state index in [0.717, 1.165) is 30.4 Å². The summed E-state index contributed by atoms with van der Waals surface area (Å²) in [4.78, 5) is 38.0. The third-order valence-electron chi connectivity index (χ3n) is 7.55. The number of carboxylic acid groups (broad SMARTS) is 1. The number of nitrogens with one attached hydrogen (secondary N) is 1. The smallest absolute Gasteiger partial charge is 0.407 e. The highest BCUT2D eigenvalue weighted by atomic mass is 16.5.